The molecule has 9 nitrogen and oxygen atoms in total. The Balaban J connectivity index is 1.77. The lowest BCUT2D eigenvalue weighted by Crippen LogP contribution is -2.49. The third-order valence-corrected chi connectivity index (χ3v) is 3.96. The van der Waals surface area contributed by atoms with Crippen LogP contribution in [-0.2, 0) is 4.74 Å². The second-order valence-electron chi connectivity index (χ2n) is 5.73. The lowest BCUT2D eigenvalue weighted by Gasteiger charge is -2.35. The molecule has 1 saturated carbocycles. The summed E-state index contributed by atoms with van der Waals surface area (Å²) in [4.78, 5) is 28.1. The van der Waals surface area contributed by atoms with Gasteiger partial charge in [0.15, 0.2) is 11.5 Å². The third kappa shape index (κ3) is 3.40. The Morgan fingerprint density at radius 3 is 2.65 bits per heavy atom. The van der Waals surface area contributed by atoms with Crippen molar-refractivity contribution < 1.29 is 27.5 Å². The first kappa shape index (κ1) is 17.9. The first-order chi connectivity index (χ1) is 12.2. The van der Waals surface area contributed by atoms with Crippen LogP contribution in [0.3, 0.4) is 0 Å². The van der Waals surface area contributed by atoms with E-state index in [1.54, 1.807) is 0 Å². The maximum Gasteiger partial charge on any atom is 0.522 e. The summed E-state index contributed by atoms with van der Waals surface area (Å²) in [5.74, 6) is -1.16. The summed E-state index contributed by atoms with van der Waals surface area (Å²) < 4.78 is 41.4. The Bertz CT molecular complexity index is 859. The Labute approximate surface area is 144 Å². The van der Waals surface area contributed by atoms with Gasteiger partial charge in [0.1, 0.15) is 11.3 Å². The van der Waals surface area contributed by atoms with Crippen molar-refractivity contribution >= 4 is 23.3 Å². The molecule has 12 heteroatoms. The number of amides is 2. The average Bonchev–Trinajstić information content (AvgIpc) is 2.89. The maximum atomic E-state index is 12.4. The molecule has 140 valence electrons. The zero-order valence-electron chi connectivity index (χ0n) is 13.5. The van der Waals surface area contributed by atoms with Crippen LogP contribution < -0.4 is 16.4 Å². The van der Waals surface area contributed by atoms with E-state index in [2.05, 4.69) is 25.5 Å². The number of primary amides is 1. The first-order valence-electron chi connectivity index (χ1n) is 7.60. The molecule has 3 rings (SSSR count). The highest BCUT2D eigenvalue weighted by Gasteiger charge is 2.40. The number of rotatable bonds is 5. The van der Waals surface area contributed by atoms with Crippen molar-refractivity contribution in [2.24, 2.45) is 5.73 Å². The number of hydrogen-bond acceptors (Lipinski definition) is 6. The molecule has 1 fully saturated rings. The molecular formula is C14H15F3N6O3. The lowest BCUT2D eigenvalue weighted by molar-refractivity contribution is -0.351. The fourth-order valence-corrected chi connectivity index (χ4v) is 2.75. The van der Waals surface area contributed by atoms with Crippen LogP contribution >= 0.6 is 0 Å². The van der Waals surface area contributed by atoms with Crippen LogP contribution in [0.1, 0.15) is 33.7 Å². The van der Waals surface area contributed by atoms with E-state index in [1.807, 2.05) is 0 Å². The molecule has 0 aliphatic heterocycles. The van der Waals surface area contributed by atoms with Crippen molar-refractivity contribution in [2.45, 2.75) is 31.3 Å². The van der Waals surface area contributed by atoms with Crippen LogP contribution in [0.2, 0.25) is 0 Å². The number of carbonyl (C=O) groups is 2. The van der Waals surface area contributed by atoms with E-state index in [0.717, 1.165) is 4.52 Å². The summed E-state index contributed by atoms with van der Waals surface area (Å²) in [7, 11) is 1.53. The second kappa shape index (κ2) is 6.44. The summed E-state index contributed by atoms with van der Waals surface area (Å²) in [6, 6.07) is 0.926. The van der Waals surface area contributed by atoms with E-state index in [4.69, 9.17) is 5.73 Å². The van der Waals surface area contributed by atoms with Crippen molar-refractivity contribution in [1.29, 1.82) is 0 Å². The molecule has 0 spiro atoms. The molecule has 1 aliphatic rings. The summed E-state index contributed by atoms with van der Waals surface area (Å²) in [5, 5.41) is 9.40. The number of fused-ring (bicyclic) bond motifs is 1. The number of carbonyl (C=O) groups excluding carboxylic acids is 2. The molecule has 2 heterocycles. The Hall–Kier alpha value is -2.89. The molecule has 0 bridgehead atoms. The summed E-state index contributed by atoms with van der Waals surface area (Å²) in [5.41, 5.74) is 5.52. The number of alkyl halides is 3. The molecule has 2 aromatic heterocycles. The maximum absolute atomic E-state index is 12.4. The lowest BCUT2D eigenvalue weighted by atomic mass is 9.89. The number of aromatic nitrogens is 3. The zero-order chi connectivity index (χ0) is 19.1. The van der Waals surface area contributed by atoms with Crippen molar-refractivity contribution in [3.63, 3.8) is 0 Å². The molecule has 2 amide bonds. The van der Waals surface area contributed by atoms with Gasteiger partial charge < -0.3 is 16.4 Å². The fraction of sp³-hybridized carbons (Fsp3) is 0.429. The Kier molecular flexibility index (Phi) is 4.44. The summed E-state index contributed by atoms with van der Waals surface area (Å²) in [6.45, 7) is 0. The summed E-state index contributed by atoms with van der Waals surface area (Å²) in [6.07, 6.45) is -4.26. The monoisotopic (exact) mass is 372 g/mol. The van der Waals surface area contributed by atoms with Crippen LogP contribution in [0.25, 0.3) is 5.65 Å². The van der Waals surface area contributed by atoms with Crippen molar-refractivity contribution in [3.8, 4) is 0 Å². The van der Waals surface area contributed by atoms with Gasteiger partial charge in [-0.2, -0.15) is 0 Å². The first-order valence-corrected chi connectivity index (χ1v) is 7.60. The van der Waals surface area contributed by atoms with Crippen LogP contribution in [0.15, 0.2) is 12.3 Å². The SMILES string of the molecule is CNc1nn2c(C(=O)NC3CC(OC(F)(F)F)C3)ccnc2c1C(N)=O. The van der Waals surface area contributed by atoms with Gasteiger partial charge >= 0.3 is 6.36 Å². The highest BCUT2D eigenvalue weighted by Crippen LogP contribution is 2.30. The number of nitrogens with two attached hydrogens (primary N) is 1. The predicted molar refractivity (Wildman–Crippen MR) is 82.5 cm³/mol. The van der Waals surface area contributed by atoms with E-state index < -0.39 is 30.3 Å². The predicted octanol–water partition coefficient (Wildman–Crippen LogP) is 0.667. The molecule has 0 saturated heterocycles. The number of anilines is 1. The van der Waals surface area contributed by atoms with Crippen molar-refractivity contribution in [3.05, 3.63) is 23.5 Å². The van der Waals surface area contributed by atoms with E-state index in [9.17, 15) is 22.8 Å². The van der Waals surface area contributed by atoms with Gasteiger partial charge in [-0.25, -0.2) is 9.50 Å². The van der Waals surface area contributed by atoms with E-state index in [0.29, 0.717) is 0 Å². The number of ether oxygens (including phenoxy) is 1. The molecule has 0 unspecified atom stereocenters. The molecule has 0 radical (unpaired) electrons. The van der Waals surface area contributed by atoms with Crippen LogP contribution in [-0.4, -0.2) is 52.0 Å². The standard InChI is InChI=1S/C14H15F3N6O3/c1-19-11-9(10(18)24)12-20-3-2-8(23(12)22-11)13(25)21-6-4-7(5-6)26-14(15,16)17/h2-3,6-7H,4-5H2,1H3,(H2,18,24)(H,19,22)(H,21,25). The quantitative estimate of drug-likeness (QED) is 0.709. The molecule has 2 aromatic rings. The Morgan fingerprint density at radius 1 is 1.38 bits per heavy atom. The van der Waals surface area contributed by atoms with Crippen LogP contribution in [0, 0.1) is 0 Å². The van der Waals surface area contributed by atoms with Gasteiger partial charge in [-0.1, -0.05) is 0 Å². The van der Waals surface area contributed by atoms with Crippen LogP contribution in [0.5, 0.6) is 0 Å². The van der Waals surface area contributed by atoms with Gasteiger partial charge in [-0.3, -0.25) is 14.3 Å². The zero-order valence-corrected chi connectivity index (χ0v) is 13.5. The van der Waals surface area contributed by atoms with E-state index in [1.165, 1.54) is 19.3 Å². The van der Waals surface area contributed by atoms with Crippen LogP contribution in [0.4, 0.5) is 19.0 Å². The average molecular weight is 372 g/mol. The smallest absolute Gasteiger partial charge is 0.371 e. The number of halogens is 3. The van der Waals surface area contributed by atoms with Crippen molar-refractivity contribution in [1.82, 2.24) is 19.9 Å². The van der Waals surface area contributed by atoms with Gasteiger partial charge in [0.25, 0.3) is 11.8 Å². The highest BCUT2D eigenvalue weighted by molar-refractivity contribution is 6.04. The third-order valence-electron chi connectivity index (χ3n) is 3.96. The number of nitrogens with one attached hydrogen (secondary N) is 2. The molecule has 1 aliphatic carbocycles. The van der Waals surface area contributed by atoms with Gasteiger partial charge in [0, 0.05) is 19.3 Å². The Morgan fingerprint density at radius 2 is 2.08 bits per heavy atom. The highest BCUT2D eigenvalue weighted by atomic mass is 19.4. The van der Waals surface area contributed by atoms with E-state index in [-0.39, 0.29) is 35.6 Å². The molecule has 0 atom stereocenters. The van der Waals surface area contributed by atoms with Gasteiger partial charge in [0.2, 0.25) is 0 Å². The second-order valence-corrected chi connectivity index (χ2v) is 5.73. The van der Waals surface area contributed by atoms with E-state index >= 15 is 0 Å². The minimum Gasteiger partial charge on any atom is -0.371 e. The van der Waals surface area contributed by atoms with Gasteiger partial charge in [0.05, 0.1) is 6.10 Å². The summed E-state index contributed by atoms with van der Waals surface area (Å²) >= 11 is 0. The fourth-order valence-electron chi connectivity index (χ4n) is 2.75. The molecular weight excluding hydrogens is 357 g/mol. The minimum absolute atomic E-state index is 0.0319. The van der Waals surface area contributed by atoms with Gasteiger partial charge in [-0.15, -0.1) is 18.3 Å². The molecule has 26 heavy (non-hydrogen) atoms. The normalized spacial score (nSPS) is 19.8. The van der Waals surface area contributed by atoms with Crippen molar-refractivity contribution in [2.75, 3.05) is 12.4 Å². The largest absolute Gasteiger partial charge is 0.522 e. The number of nitrogens with zero attached hydrogens (tertiary/aromatic N) is 3. The van der Waals surface area contributed by atoms with Gasteiger partial charge in [-0.05, 0) is 18.9 Å². The molecule has 0 aromatic carbocycles. The number of hydrogen-bond donors (Lipinski definition) is 3. The topological polar surface area (TPSA) is 124 Å². The molecule has 4 N–H and O–H groups in total. The minimum atomic E-state index is -4.69.